The Morgan fingerprint density at radius 3 is 1.88 bits per heavy atom. The van der Waals surface area contributed by atoms with Crippen LogP contribution in [-0.2, 0) is 89.9 Å². The molecule has 7 aromatic rings. The summed E-state index contributed by atoms with van der Waals surface area (Å²) >= 11 is 2.81. The Bertz CT molecular complexity index is 4190. The standard InChI is InChI=1S/C68H76F2N14O13S2/c1-67-17-3-20-84(67)64(95)54(23-37-6-11-45(85)12-7-37)81-60(91)50(15-10-44-31-72-36-76-44)78-63(94)53(28-58(88)89)80-62(93)52(25-41-30-74-49-14-9-43(70)27-47(41)49)79-61(92)51(24-40-29-73-48-13-8-42(69)26-46(40)48)77-57(87)32-75-66(97)68(18-19-68)83-56(86)16-21-98-33-38-4-2-5-39(22-38)34-99-35-55(59(71)90)82-65(67)96/h2,4-9,11-14,22,26-27,29-31,36,50-55,73-74,85H,3,10,15-21,23-25,28,32-35H2,1H3,(H2,71,90)(H,72,76)(H,75,97)(H,77,87)(H,78,94)(H,79,92)(H,80,93)(H,81,91)(H,82,96)(H,83,86)(H,88,89)/t50-,51-,52-,53-,54-,55-,67-/m0/s1. The number of H-pyrrole nitrogens is 3. The summed E-state index contributed by atoms with van der Waals surface area (Å²) in [5.41, 5.74) is 7.19. The van der Waals surface area contributed by atoms with Crippen molar-refractivity contribution >= 4 is 110 Å². The van der Waals surface area contributed by atoms with Crippen molar-refractivity contribution in [3.05, 3.63) is 155 Å². The smallest absolute Gasteiger partial charge is 0.305 e. The number of aromatic amines is 3. The number of carbonyl (C=O) groups excluding carboxylic acids is 10. The molecule has 1 aliphatic carbocycles. The van der Waals surface area contributed by atoms with E-state index in [4.69, 9.17) is 5.73 Å². The van der Waals surface area contributed by atoms with E-state index in [9.17, 15) is 57.4 Å². The lowest BCUT2D eigenvalue weighted by Gasteiger charge is -2.37. The Labute approximate surface area is 574 Å². The number of amides is 10. The molecule has 3 aliphatic rings. The summed E-state index contributed by atoms with van der Waals surface area (Å²) in [7, 11) is 0. The molecule has 2 aliphatic heterocycles. The fourth-order valence-electron chi connectivity index (χ4n) is 12.2. The summed E-state index contributed by atoms with van der Waals surface area (Å²) in [6, 6.07) is 11.4. The molecule has 4 aromatic carbocycles. The molecule has 99 heavy (non-hydrogen) atoms. The van der Waals surface area contributed by atoms with E-state index in [1.807, 2.05) is 24.3 Å². The fraction of sp³-hybridized carbons (Fsp3) is 0.382. The van der Waals surface area contributed by atoms with Gasteiger partial charge in [-0.15, -0.1) is 0 Å². The van der Waals surface area contributed by atoms with Gasteiger partial charge in [0.15, 0.2) is 0 Å². The number of aromatic nitrogens is 4. The van der Waals surface area contributed by atoms with E-state index in [0.29, 0.717) is 56.9 Å². The zero-order chi connectivity index (χ0) is 70.5. The zero-order valence-corrected chi connectivity index (χ0v) is 55.4. The van der Waals surface area contributed by atoms with Gasteiger partial charge in [0.05, 0.1) is 19.3 Å². The normalized spacial score (nSPS) is 23.1. The van der Waals surface area contributed by atoms with Crippen molar-refractivity contribution in [3.63, 3.8) is 0 Å². The van der Waals surface area contributed by atoms with Gasteiger partial charge in [0.1, 0.15) is 64.7 Å². The van der Waals surface area contributed by atoms with Gasteiger partial charge in [-0.1, -0.05) is 36.4 Å². The molecule has 522 valence electrons. The molecule has 1 saturated heterocycles. The lowest BCUT2D eigenvalue weighted by atomic mass is 9.95. The second-order valence-corrected chi connectivity index (χ2v) is 27.2. The van der Waals surface area contributed by atoms with Crippen molar-refractivity contribution in [3.8, 4) is 5.75 Å². The number of rotatable bonds is 12. The third-order valence-corrected chi connectivity index (χ3v) is 19.9. The first-order valence-corrected chi connectivity index (χ1v) is 34.5. The van der Waals surface area contributed by atoms with Crippen LogP contribution in [0.15, 0.2) is 110 Å². The molecular weight excluding hydrogens is 1320 g/mol. The predicted molar refractivity (Wildman–Crippen MR) is 362 cm³/mol. The van der Waals surface area contributed by atoms with Gasteiger partial charge >= 0.3 is 5.97 Å². The molecule has 0 radical (unpaired) electrons. The highest BCUT2D eigenvalue weighted by Gasteiger charge is 2.51. The third kappa shape index (κ3) is 18.5. The fourth-order valence-corrected chi connectivity index (χ4v) is 14.1. The van der Waals surface area contributed by atoms with Gasteiger partial charge in [-0.2, -0.15) is 23.5 Å². The van der Waals surface area contributed by atoms with Crippen LogP contribution in [-0.4, -0.2) is 172 Å². The van der Waals surface area contributed by atoms with Crippen LogP contribution >= 0.6 is 23.5 Å². The van der Waals surface area contributed by atoms with Crippen LogP contribution in [0.2, 0.25) is 0 Å². The largest absolute Gasteiger partial charge is 0.508 e. The molecule has 5 heterocycles. The number of benzene rings is 4. The summed E-state index contributed by atoms with van der Waals surface area (Å²) in [4.78, 5) is 171. The average molecular weight is 1400 g/mol. The van der Waals surface area contributed by atoms with Crippen molar-refractivity contribution < 1.29 is 71.7 Å². The molecule has 0 unspecified atom stereocenters. The van der Waals surface area contributed by atoms with Gasteiger partial charge in [0.25, 0.3) is 0 Å². The Kier molecular flexibility index (Phi) is 23.0. The molecule has 15 N–H and O–H groups in total. The zero-order valence-electron chi connectivity index (χ0n) is 53.8. The number of thioether (sulfide) groups is 2. The molecule has 27 nitrogen and oxygen atoms in total. The number of hydrogen-bond acceptors (Lipinski definition) is 15. The number of halogens is 2. The van der Waals surface area contributed by atoms with Crippen LogP contribution in [0.3, 0.4) is 0 Å². The molecule has 2 bridgehead atoms. The summed E-state index contributed by atoms with van der Waals surface area (Å²) in [5.74, 6) is -10.3. The maximum absolute atomic E-state index is 15.2. The maximum Gasteiger partial charge on any atom is 0.305 e. The summed E-state index contributed by atoms with van der Waals surface area (Å²) < 4.78 is 29.8. The highest BCUT2D eigenvalue weighted by Crippen LogP contribution is 2.36. The molecule has 31 heteroatoms. The topological polar surface area (TPSA) is 414 Å². The first kappa shape index (κ1) is 71.5. The van der Waals surface area contributed by atoms with Crippen molar-refractivity contribution in [2.24, 2.45) is 5.73 Å². The van der Waals surface area contributed by atoms with Crippen LogP contribution in [0, 0.1) is 11.6 Å². The number of nitrogens with one attached hydrogen (secondary N) is 11. The molecule has 3 aromatic heterocycles. The van der Waals surface area contributed by atoms with E-state index in [1.165, 1.54) is 121 Å². The van der Waals surface area contributed by atoms with Gasteiger partial charge in [0.2, 0.25) is 59.1 Å². The Hall–Kier alpha value is -10.3. The number of nitrogens with two attached hydrogens (primary N) is 1. The lowest BCUT2D eigenvalue weighted by molar-refractivity contribution is -0.147. The number of hydrogen-bond donors (Lipinski definition) is 14. The van der Waals surface area contributed by atoms with Crippen LogP contribution in [0.25, 0.3) is 21.8 Å². The minimum Gasteiger partial charge on any atom is -0.508 e. The molecule has 1 spiro atoms. The van der Waals surface area contributed by atoms with Crippen molar-refractivity contribution in [2.75, 3.05) is 24.6 Å². The van der Waals surface area contributed by atoms with Gasteiger partial charge in [-0.05, 0) is 122 Å². The van der Waals surface area contributed by atoms with Crippen molar-refractivity contribution in [1.29, 1.82) is 0 Å². The Balaban J connectivity index is 0.976. The number of phenolic OH excluding ortho intramolecular Hbond substituents is 1. The minimum absolute atomic E-state index is 0.0238. The van der Waals surface area contributed by atoms with Gasteiger partial charge in [0, 0.05) is 101 Å². The molecule has 2 fully saturated rings. The highest BCUT2D eigenvalue weighted by atomic mass is 32.2. The summed E-state index contributed by atoms with van der Waals surface area (Å²) in [6.45, 7) is 0.848. The number of carboxylic acid groups (broad SMARTS) is 1. The number of nitrogens with zero attached hydrogens (tertiary/aromatic N) is 2. The number of aromatic hydroxyl groups is 1. The van der Waals surface area contributed by atoms with E-state index in [-0.39, 0.29) is 80.4 Å². The van der Waals surface area contributed by atoms with Crippen LogP contribution in [0.4, 0.5) is 8.78 Å². The van der Waals surface area contributed by atoms with Gasteiger partial charge < -0.3 is 78.3 Å². The van der Waals surface area contributed by atoms with E-state index in [2.05, 4.69) is 62.5 Å². The van der Waals surface area contributed by atoms with Crippen molar-refractivity contribution in [2.45, 2.75) is 136 Å². The summed E-state index contributed by atoms with van der Waals surface area (Å²) in [5, 5.41) is 42.3. The van der Waals surface area contributed by atoms with E-state index >= 15 is 14.4 Å². The van der Waals surface area contributed by atoms with Crippen LogP contribution in [0.1, 0.15) is 85.4 Å². The monoisotopic (exact) mass is 1400 g/mol. The number of aryl methyl sites for hydroxylation is 1. The second kappa shape index (κ2) is 31.9. The number of carboxylic acids is 1. The molecule has 1 saturated carbocycles. The average Bonchev–Trinajstić information content (AvgIpc) is 1.69. The first-order chi connectivity index (χ1) is 47.4. The summed E-state index contributed by atoms with van der Waals surface area (Å²) in [6.07, 6.45) is 4.41. The minimum atomic E-state index is -2.02. The lowest BCUT2D eigenvalue weighted by Crippen LogP contribution is -2.63. The number of phenols is 1. The van der Waals surface area contributed by atoms with Crippen LogP contribution < -0.4 is 48.3 Å². The van der Waals surface area contributed by atoms with E-state index in [0.717, 1.165) is 11.1 Å². The van der Waals surface area contributed by atoms with Gasteiger partial charge in [-0.3, -0.25) is 52.7 Å². The molecule has 10 amide bonds. The van der Waals surface area contributed by atoms with E-state index < -0.39 is 143 Å². The third-order valence-electron chi connectivity index (χ3n) is 17.8. The number of primary amides is 1. The SMILES string of the molecule is C[C@@]12CCCN1C(=O)[C@H](Cc1ccc(O)cc1)NC(=O)[C@H](CCc1cnc[nH]1)NC(=O)[C@H](CC(=O)O)NC(=O)[C@H](Cc1c[nH]c3ccc(F)cc13)NC(=O)[C@H](Cc1c[nH]c3ccc(F)cc13)NC(=O)CNC(=O)C1(CC1)NC(=O)CCSCc1cccc(c1)CSC[C@@H](C(N)=O)NC2=O. The number of imidazole rings is 1. The second-order valence-electron chi connectivity index (χ2n) is 25.1. The number of carbonyl (C=O) groups is 11. The predicted octanol–water partition coefficient (Wildman–Crippen LogP) is 2.60. The first-order valence-electron chi connectivity index (χ1n) is 32.2. The van der Waals surface area contributed by atoms with Crippen molar-refractivity contribution in [1.82, 2.24) is 67.4 Å². The number of fused-ring (bicyclic) bond motifs is 5. The van der Waals surface area contributed by atoms with Crippen LogP contribution in [0.5, 0.6) is 5.75 Å². The quantitative estimate of drug-likeness (QED) is 0.0836. The Morgan fingerprint density at radius 1 is 0.667 bits per heavy atom. The maximum atomic E-state index is 15.2. The molecular formula is C68H76F2N14O13S2. The van der Waals surface area contributed by atoms with Gasteiger partial charge in [-0.25, -0.2) is 13.8 Å². The molecule has 7 atom stereocenters. The number of aliphatic carboxylic acids is 1. The van der Waals surface area contributed by atoms with E-state index in [1.54, 1.807) is 0 Å². The highest BCUT2D eigenvalue weighted by molar-refractivity contribution is 7.98. The molecule has 10 rings (SSSR count). The Morgan fingerprint density at radius 2 is 1.26 bits per heavy atom.